The molecule has 2 aromatic carbocycles. The number of rotatable bonds is 2. The fraction of sp³-hybridized carbons (Fsp3) is 0.294. The van der Waals surface area contributed by atoms with Gasteiger partial charge < -0.3 is 0 Å². The quantitative estimate of drug-likeness (QED) is 0.653. The number of alkyl halides is 1. The van der Waals surface area contributed by atoms with Crippen molar-refractivity contribution in [3.63, 3.8) is 0 Å². The first-order valence-electron chi connectivity index (χ1n) is 6.11. The molecule has 0 aliphatic heterocycles. The van der Waals surface area contributed by atoms with Crippen LogP contribution in [0.4, 0.5) is 0 Å². The monoisotopic (exact) mass is 260 g/mol. The molecule has 96 valence electrons. The summed E-state index contributed by atoms with van der Waals surface area (Å²) in [5, 5.41) is 0. The zero-order chi connectivity index (χ0) is 13.6. The minimum atomic E-state index is 0.0783. The van der Waals surface area contributed by atoms with Gasteiger partial charge in [0.1, 0.15) is 0 Å². The lowest BCUT2D eigenvalue weighted by Gasteiger charge is -2.26. The van der Waals surface area contributed by atoms with Gasteiger partial charge in [-0.25, -0.2) is 0 Å². The molecule has 0 amide bonds. The highest BCUT2D eigenvalue weighted by Crippen LogP contribution is 2.31. The van der Waals surface area contributed by atoms with Gasteiger partial charge in [-0.05, 0) is 18.1 Å². The Bertz CT molecular complexity index is 455. The molecule has 2 rings (SSSR count). The molecule has 0 nitrogen and oxygen atoms in total. The van der Waals surface area contributed by atoms with Crippen LogP contribution in [0.3, 0.4) is 0 Å². The fourth-order valence-electron chi connectivity index (χ4n) is 1.99. The van der Waals surface area contributed by atoms with E-state index in [9.17, 15) is 0 Å². The Kier molecular flexibility index (Phi) is 5.43. The number of aryl methyl sites for hydroxylation is 1. The molecule has 0 aromatic heterocycles. The van der Waals surface area contributed by atoms with Crippen LogP contribution in [-0.4, -0.2) is 6.38 Å². The molecule has 0 spiro atoms. The minimum Gasteiger partial charge on any atom is -0.130 e. The van der Waals surface area contributed by atoms with E-state index >= 15 is 0 Å². The van der Waals surface area contributed by atoms with Crippen molar-refractivity contribution in [2.24, 2.45) is 0 Å². The van der Waals surface area contributed by atoms with Crippen LogP contribution < -0.4 is 0 Å². The molecule has 0 heterocycles. The van der Waals surface area contributed by atoms with Gasteiger partial charge in [-0.15, -0.1) is 11.6 Å². The molecule has 0 saturated heterocycles. The molecule has 2 aromatic rings. The Morgan fingerprint density at radius 2 is 1.17 bits per heavy atom. The van der Waals surface area contributed by atoms with Crippen molar-refractivity contribution in [2.75, 3.05) is 6.38 Å². The van der Waals surface area contributed by atoms with E-state index in [1.807, 2.05) is 0 Å². The highest BCUT2D eigenvalue weighted by atomic mass is 35.5. The van der Waals surface area contributed by atoms with Crippen LogP contribution in [0.25, 0.3) is 0 Å². The Labute approximate surface area is 116 Å². The summed E-state index contributed by atoms with van der Waals surface area (Å²) in [6.45, 7) is 6.67. The van der Waals surface area contributed by atoms with Crippen LogP contribution in [0.1, 0.15) is 30.5 Å². The molecular weight excluding hydrogens is 240 g/mol. The topological polar surface area (TPSA) is 0 Å². The lowest BCUT2D eigenvalue weighted by molar-refractivity contribution is 0.640. The Morgan fingerprint density at radius 3 is 1.67 bits per heavy atom. The predicted molar refractivity (Wildman–Crippen MR) is 81.5 cm³/mol. The molecule has 0 aliphatic carbocycles. The van der Waals surface area contributed by atoms with E-state index in [-0.39, 0.29) is 5.41 Å². The van der Waals surface area contributed by atoms with E-state index in [0.717, 1.165) is 0 Å². The highest BCUT2D eigenvalue weighted by molar-refractivity contribution is 6.15. The molecule has 0 aliphatic rings. The van der Waals surface area contributed by atoms with Gasteiger partial charge in [0.2, 0.25) is 0 Å². The fourth-order valence-corrected chi connectivity index (χ4v) is 1.99. The van der Waals surface area contributed by atoms with Gasteiger partial charge in [0.15, 0.2) is 0 Å². The van der Waals surface area contributed by atoms with Crippen molar-refractivity contribution in [1.82, 2.24) is 0 Å². The van der Waals surface area contributed by atoms with Crippen LogP contribution in [0.5, 0.6) is 0 Å². The molecule has 0 atom stereocenters. The van der Waals surface area contributed by atoms with E-state index in [4.69, 9.17) is 0 Å². The summed E-state index contributed by atoms with van der Waals surface area (Å²) in [6.07, 6.45) is 1.47. The molecule has 0 unspecified atom stereocenters. The van der Waals surface area contributed by atoms with Gasteiger partial charge in [-0.1, -0.05) is 74.0 Å². The van der Waals surface area contributed by atoms with Crippen molar-refractivity contribution in [3.8, 4) is 0 Å². The number of benzene rings is 2. The second-order valence-electron chi connectivity index (χ2n) is 4.86. The van der Waals surface area contributed by atoms with Crippen LogP contribution in [0.15, 0.2) is 54.6 Å². The van der Waals surface area contributed by atoms with Crippen molar-refractivity contribution in [3.05, 3.63) is 71.3 Å². The number of hydrogen-bond acceptors (Lipinski definition) is 0. The summed E-state index contributed by atoms with van der Waals surface area (Å²) in [5.41, 5.74) is 4.12. The first-order valence-corrected chi connectivity index (χ1v) is 6.87. The van der Waals surface area contributed by atoms with Crippen LogP contribution in [-0.2, 0) is 5.41 Å². The Balaban J connectivity index is 0.000000771. The standard InChI is InChI=1S/C16H18.CH3Cl/c1-13-9-11-15(12-10-13)16(2,3)14-7-5-4-6-8-14;1-2/h4-12H,1-3H3;1H3. The molecular formula is C17H21Cl. The zero-order valence-electron chi connectivity index (χ0n) is 11.6. The van der Waals surface area contributed by atoms with E-state index in [2.05, 4.69) is 87.0 Å². The van der Waals surface area contributed by atoms with Crippen molar-refractivity contribution < 1.29 is 0 Å². The van der Waals surface area contributed by atoms with Crippen LogP contribution >= 0.6 is 11.6 Å². The lowest BCUT2D eigenvalue weighted by Crippen LogP contribution is -2.18. The molecule has 0 N–H and O–H groups in total. The normalized spacial score (nSPS) is 10.5. The summed E-state index contributed by atoms with van der Waals surface area (Å²) in [5.74, 6) is 0. The van der Waals surface area contributed by atoms with E-state index in [1.54, 1.807) is 0 Å². The van der Waals surface area contributed by atoms with Crippen molar-refractivity contribution >= 4 is 11.6 Å². The predicted octanol–water partition coefficient (Wildman–Crippen LogP) is 5.18. The van der Waals surface area contributed by atoms with Gasteiger partial charge in [-0.3, -0.25) is 0 Å². The molecule has 0 radical (unpaired) electrons. The molecule has 18 heavy (non-hydrogen) atoms. The summed E-state index contributed by atoms with van der Waals surface area (Å²) < 4.78 is 0. The zero-order valence-corrected chi connectivity index (χ0v) is 12.3. The summed E-state index contributed by atoms with van der Waals surface area (Å²) in [6, 6.07) is 19.5. The SMILES string of the molecule is CCl.Cc1ccc(C(C)(C)c2ccccc2)cc1. The van der Waals surface area contributed by atoms with Gasteiger partial charge in [0, 0.05) is 11.8 Å². The summed E-state index contributed by atoms with van der Waals surface area (Å²) >= 11 is 4.64. The third kappa shape index (κ3) is 3.36. The molecule has 0 fully saturated rings. The Morgan fingerprint density at radius 1 is 0.722 bits per heavy atom. The summed E-state index contributed by atoms with van der Waals surface area (Å²) in [7, 11) is 0. The smallest absolute Gasteiger partial charge is 0.0146 e. The average molecular weight is 261 g/mol. The Hall–Kier alpha value is -1.27. The van der Waals surface area contributed by atoms with Gasteiger partial charge in [0.25, 0.3) is 0 Å². The highest BCUT2D eigenvalue weighted by Gasteiger charge is 2.22. The van der Waals surface area contributed by atoms with E-state index < -0.39 is 0 Å². The third-order valence-corrected chi connectivity index (χ3v) is 3.27. The second kappa shape index (κ2) is 6.61. The minimum absolute atomic E-state index is 0.0783. The molecule has 0 saturated carbocycles. The van der Waals surface area contributed by atoms with E-state index in [0.29, 0.717) is 0 Å². The van der Waals surface area contributed by atoms with Gasteiger partial charge in [0.05, 0.1) is 0 Å². The van der Waals surface area contributed by atoms with Crippen LogP contribution in [0.2, 0.25) is 0 Å². The van der Waals surface area contributed by atoms with Crippen molar-refractivity contribution in [2.45, 2.75) is 26.2 Å². The largest absolute Gasteiger partial charge is 0.130 e. The molecule has 1 heteroatoms. The summed E-state index contributed by atoms with van der Waals surface area (Å²) in [4.78, 5) is 0. The maximum Gasteiger partial charge on any atom is 0.0146 e. The first kappa shape index (κ1) is 14.8. The second-order valence-corrected chi connectivity index (χ2v) is 4.86. The van der Waals surface area contributed by atoms with Gasteiger partial charge in [-0.2, -0.15) is 0 Å². The number of halogens is 1. The van der Waals surface area contributed by atoms with E-state index in [1.165, 1.54) is 23.1 Å². The third-order valence-electron chi connectivity index (χ3n) is 3.27. The van der Waals surface area contributed by atoms with Gasteiger partial charge >= 0.3 is 0 Å². The first-order chi connectivity index (χ1) is 8.60. The average Bonchev–Trinajstić information content (AvgIpc) is 2.42. The lowest BCUT2D eigenvalue weighted by atomic mass is 9.78. The van der Waals surface area contributed by atoms with Crippen LogP contribution in [0, 0.1) is 6.92 Å². The number of hydrogen-bond donors (Lipinski definition) is 0. The maximum absolute atomic E-state index is 4.64. The maximum atomic E-state index is 4.64. The van der Waals surface area contributed by atoms with Crippen molar-refractivity contribution in [1.29, 1.82) is 0 Å². The molecule has 0 bridgehead atoms.